The number of anilines is 1. The van der Waals surface area contributed by atoms with Crippen molar-refractivity contribution in [2.75, 3.05) is 31.6 Å². The zero-order valence-electron chi connectivity index (χ0n) is 18.2. The fraction of sp³-hybridized carbons (Fsp3) is 0.458. The Morgan fingerprint density at radius 2 is 1.83 bits per heavy atom. The zero-order chi connectivity index (χ0) is 21.5. The molecule has 2 N–H and O–H groups in total. The normalized spacial score (nSPS) is 15.4. The molecule has 0 saturated carbocycles. The quantitative estimate of drug-likeness (QED) is 0.561. The van der Waals surface area contributed by atoms with Crippen LogP contribution >= 0.6 is 0 Å². The lowest BCUT2D eigenvalue weighted by atomic mass is 10.1. The number of hydrogen-bond donors (Lipinski definition) is 2. The third-order valence-corrected chi connectivity index (χ3v) is 5.47. The summed E-state index contributed by atoms with van der Waals surface area (Å²) in [6.07, 6.45) is 1.11. The van der Waals surface area contributed by atoms with Crippen LogP contribution in [0.15, 0.2) is 47.5 Å². The molecule has 1 saturated heterocycles. The molecule has 0 aliphatic carbocycles. The van der Waals surface area contributed by atoms with Crippen molar-refractivity contribution in [2.24, 2.45) is 4.99 Å². The molecular weight excluding hydrogens is 379 g/mol. The number of aliphatic imine (C=N–C) groups is 1. The summed E-state index contributed by atoms with van der Waals surface area (Å²) in [5.41, 5.74) is 3.91. The summed E-state index contributed by atoms with van der Waals surface area (Å²) in [5.74, 6) is 0.574. The Morgan fingerprint density at radius 1 is 1.17 bits per heavy atom. The fourth-order valence-electron chi connectivity index (χ4n) is 3.69. The molecule has 5 nitrogen and oxygen atoms in total. The van der Waals surface area contributed by atoms with Crippen LogP contribution < -0.4 is 10.2 Å². The molecule has 1 aliphatic heterocycles. The van der Waals surface area contributed by atoms with Gasteiger partial charge in [0.25, 0.3) is 0 Å². The van der Waals surface area contributed by atoms with E-state index in [4.69, 9.17) is 4.99 Å². The summed E-state index contributed by atoms with van der Waals surface area (Å²) >= 11 is 0. The zero-order valence-corrected chi connectivity index (χ0v) is 18.2. The van der Waals surface area contributed by atoms with Gasteiger partial charge >= 0.3 is 0 Å². The first-order valence-corrected chi connectivity index (χ1v) is 10.7. The molecule has 1 heterocycles. The number of halogens is 1. The number of guanidine groups is 1. The Morgan fingerprint density at radius 3 is 2.47 bits per heavy atom. The second-order valence-electron chi connectivity index (χ2n) is 8.02. The molecule has 0 unspecified atom stereocenters. The molecule has 0 amide bonds. The molecule has 162 valence electrons. The third-order valence-electron chi connectivity index (χ3n) is 5.47. The van der Waals surface area contributed by atoms with Gasteiger partial charge in [0.2, 0.25) is 0 Å². The average molecular weight is 413 g/mol. The van der Waals surface area contributed by atoms with Crippen LogP contribution in [0, 0.1) is 12.7 Å². The number of piperidine rings is 1. The van der Waals surface area contributed by atoms with Crippen molar-refractivity contribution in [3.8, 4) is 0 Å². The van der Waals surface area contributed by atoms with Crippen LogP contribution in [0.5, 0.6) is 0 Å². The van der Waals surface area contributed by atoms with E-state index in [1.54, 1.807) is 6.07 Å². The smallest absolute Gasteiger partial charge is 0.194 e. The number of aryl methyl sites for hydroxylation is 1. The Labute approximate surface area is 179 Å². The number of nitrogens with one attached hydrogen (secondary N) is 1. The number of aliphatic hydroxyl groups is 1. The largest absolute Gasteiger partial charge is 0.393 e. The van der Waals surface area contributed by atoms with Crippen molar-refractivity contribution in [1.82, 2.24) is 10.2 Å². The number of hydrogen-bond acceptors (Lipinski definition) is 3. The van der Waals surface area contributed by atoms with Gasteiger partial charge in [-0.15, -0.1) is 0 Å². The van der Waals surface area contributed by atoms with Gasteiger partial charge in [0.05, 0.1) is 18.3 Å². The maximum Gasteiger partial charge on any atom is 0.194 e. The molecule has 0 radical (unpaired) electrons. The standard InChI is InChI=1S/C24H33FN4O/c1-4-26-24(28(3)17-19-7-5-18(2)6-8-19)27-16-20-9-10-23(22(25)15-20)29-13-11-21(30)12-14-29/h5-10,15,21,30H,4,11-14,16-17H2,1-3H3,(H,26,27). The van der Waals surface area contributed by atoms with Gasteiger partial charge in [-0.05, 0) is 49.9 Å². The van der Waals surface area contributed by atoms with Crippen LogP contribution in [0.4, 0.5) is 10.1 Å². The molecule has 3 rings (SSSR count). The van der Waals surface area contributed by atoms with Crippen LogP contribution in [0.3, 0.4) is 0 Å². The highest BCUT2D eigenvalue weighted by molar-refractivity contribution is 5.79. The van der Waals surface area contributed by atoms with Gasteiger partial charge in [0.1, 0.15) is 5.82 Å². The Balaban J connectivity index is 1.66. The average Bonchev–Trinajstić information content (AvgIpc) is 2.73. The molecule has 2 aromatic rings. The van der Waals surface area contributed by atoms with Crippen molar-refractivity contribution in [3.05, 3.63) is 65.0 Å². The maximum absolute atomic E-state index is 14.7. The summed E-state index contributed by atoms with van der Waals surface area (Å²) in [6.45, 7) is 7.42. The van der Waals surface area contributed by atoms with E-state index < -0.39 is 0 Å². The Kier molecular flexibility index (Phi) is 7.69. The first-order valence-electron chi connectivity index (χ1n) is 10.7. The van der Waals surface area contributed by atoms with Gasteiger partial charge < -0.3 is 20.2 Å². The van der Waals surface area contributed by atoms with Gasteiger partial charge in [-0.1, -0.05) is 35.9 Å². The van der Waals surface area contributed by atoms with E-state index >= 15 is 0 Å². The van der Waals surface area contributed by atoms with E-state index in [1.807, 2.05) is 31.0 Å². The van der Waals surface area contributed by atoms with Crippen LogP contribution in [-0.4, -0.2) is 48.8 Å². The van der Waals surface area contributed by atoms with Gasteiger partial charge in [0.15, 0.2) is 5.96 Å². The molecule has 0 bridgehead atoms. The van der Waals surface area contributed by atoms with Gasteiger partial charge in [0, 0.05) is 33.2 Å². The molecule has 0 atom stereocenters. The monoisotopic (exact) mass is 412 g/mol. The van der Waals surface area contributed by atoms with Crippen LogP contribution in [0.25, 0.3) is 0 Å². The lowest BCUT2D eigenvalue weighted by molar-refractivity contribution is 0.145. The molecule has 1 fully saturated rings. The summed E-state index contributed by atoms with van der Waals surface area (Å²) in [5, 5.41) is 13.0. The third kappa shape index (κ3) is 5.95. The van der Waals surface area contributed by atoms with E-state index in [0.29, 0.717) is 38.2 Å². The molecule has 0 spiro atoms. The van der Waals surface area contributed by atoms with Crippen molar-refractivity contribution >= 4 is 11.6 Å². The number of rotatable bonds is 6. The van der Waals surface area contributed by atoms with E-state index in [1.165, 1.54) is 11.1 Å². The predicted octanol–water partition coefficient (Wildman–Crippen LogP) is 3.69. The SMILES string of the molecule is CCNC(=NCc1ccc(N2CCC(O)CC2)c(F)c1)N(C)Cc1ccc(C)cc1. The molecule has 30 heavy (non-hydrogen) atoms. The first-order chi connectivity index (χ1) is 14.5. The van der Waals surface area contributed by atoms with Crippen molar-refractivity contribution < 1.29 is 9.50 Å². The van der Waals surface area contributed by atoms with Crippen molar-refractivity contribution in [1.29, 1.82) is 0 Å². The van der Waals surface area contributed by atoms with Crippen molar-refractivity contribution in [3.63, 3.8) is 0 Å². The molecular formula is C24H33FN4O. The highest BCUT2D eigenvalue weighted by Gasteiger charge is 2.19. The van der Waals surface area contributed by atoms with Crippen molar-refractivity contribution in [2.45, 2.75) is 45.9 Å². The number of aliphatic hydroxyl groups excluding tert-OH is 1. The van der Waals surface area contributed by atoms with Gasteiger partial charge in [-0.3, -0.25) is 0 Å². The summed E-state index contributed by atoms with van der Waals surface area (Å²) < 4.78 is 14.7. The lowest BCUT2D eigenvalue weighted by Crippen LogP contribution is -2.38. The minimum Gasteiger partial charge on any atom is -0.393 e. The van der Waals surface area contributed by atoms with E-state index in [0.717, 1.165) is 24.6 Å². The Hall–Kier alpha value is -2.60. The first kappa shape index (κ1) is 22.1. The fourth-order valence-corrected chi connectivity index (χ4v) is 3.69. The van der Waals surface area contributed by atoms with Crippen LogP contribution in [0.1, 0.15) is 36.5 Å². The number of benzene rings is 2. The van der Waals surface area contributed by atoms with E-state index in [9.17, 15) is 9.50 Å². The van der Waals surface area contributed by atoms with E-state index in [-0.39, 0.29) is 11.9 Å². The molecule has 6 heteroatoms. The summed E-state index contributed by atoms with van der Waals surface area (Å²) in [6, 6.07) is 13.8. The lowest BCUT2D eigenvalue weighted by Gasteiger charge is -2.31. The number of nitrogens with zero attached hydrogens (tertiary/aromatic N) is 3. The van der Waals surface area contributed by atoms with Crippen LogP contribution in [0.2, 0.25) is 0 Å². The molecule has 0 aromatic heterocycles. The minimum absolute atomic E-state index is 0.225. The van der Waals surface area contributed by atoms with Crippen LogP contribution in [-0.2, 0) is 13.1 Å². The highest BCUT2D eigenvalue weighted by Crippen LogP contribution is 2.24. The molecule has 2 aromatic carbocycles. The second kappa shape index (κ2) is 10.4. The predicted molar refractivity (Wildman–Crippen MR) is 121 cm³/mol. The Bertz CT molecular complexity index is 845. The molecule has 1 aliphatic rings. The maximum atomic E-state index is 14.7. The van der Waals surface area contributed by atoms with Gasteiger partial charge in [-0.25, -0.2) is 9.38 Å². The minimum atomic E-state index is -0.265. The topological polar surface area (TPSA) is 51.1 Å². The highest BCUT2D eigenvalue weighted by atomic mass is 19.1. The second-order valence-corrected chi connectivity index (χ2v) is 8.02. The summed E-state index contributed by atoms with van der Waals surface area (Å²) in [7, 11) is 2.01. The van der Waals surface area contributed by atoms with Gasteiger partial charge in [-0.2, -0.15) is 0 Å². The summed E-state index contributed by atoms with van der Waals surface area (Å²) in [4.78, 5) is 8.80. The van der Waals surface area contributed by atoms with E-state index in [2.05, 4.69) is 41.4 Å².